The van der Waals surface area contributed by atoms with Crippen LogP contribution in [0.5, 0.6) is 23.0 Å². The summed E-state index contributed by atoms with van der Waals surface area (Å²) in [4.78, 5) is 30.3. The molecule has 0 aliphatic carbocycles. The van der Waals surface area contributed by atoms with Crippen LogP contribution in [0.25, 0.3) is 0 Å². The van der Waals surface area contributed by atoms with E-state index in [9.17, 15) is 14.7 Å². The predicted molar refractivity (Wildman–Crippen MR) is 187 cm³/mol. The van der Waals surface area contributed by atoms with Crippen LogP contribution in [0.15, 0.2) is 97.1 Å². The summed E-state index contributed by atoms with van der Waals surface area (Å²) in [5.74, 6) is 2.69. The summed E-state index contributed by atoms with van der Waals surface area (Å²) in [6, 6.07) is 29.3. The summed E-state index contributed by atoms with van der Waals surface area (Å²) in [5, 5.41) is 15.7. The Kier molecular flexibility index (Phi) is 11.5. The van der Waals surface area contributed by atoms with Gasteiger partial charge in [0, 0.05) is 42.5 Å². The van der Waals surface area contributed by atoms with Gasteiger partial charge in [0.05, 0.1) is 26.2 Å². The lowest BCUT2D eigenvalue weighted by atomic mass is 10.0. The van der Waals surface area contributed by atoms with Crippen molar-refractivity contribution in [2.24, 2.45) is 5.92 Å². The molecule has 0 unspecified atom stereocenters. The van der Waals surface area contributed by atoms with E-state index in [0.29, 0.717) is 48.1 Å². The zero-order valence-corrected chi connectivity index (χ0v) is 27.9. The van der Waals surface area contributed by atoms with Crippen LogP contribution in [0.4, 0.5) is 16.2 Å². The lowest BCUT2D eigenvalue weighted by Gasteiger charge is -2.34. The van der Waals surface area contributed by atoms with E-state index >= 15 is 0 Å². The molecule has 4 aromatic carbocycles. The Labute approximate surface area is 282 Å². The van der Waals surface area contributed by atoms with Crippen LogP contribution in [0, 0.1) is 5.92 Å². The Morgan fingerprint density at radius 3 is 2.29 bits per heavy atom. The molecule has 0 bridgehead atoms. The average molecular weight is 653 g/mol. The zero-order chi connectivity index (χ0) is 34.0. The van der Waals surface area contributed by atoms with E-state index in [1.807, 2.05) is 62.5 Å². The summed E-state index contributed by atoms with van der Waals surface area (Å²) in [7, 11) is 3.63. The van der Waals surface area contributed by atoms with Crippen molar-refractivity contribution in [3.8, 4) is 23.0 Å². The first-order chi connectivity index (χ1) is 23.2. The molecule has 10 nitrogen and oxygen atoms in total. The van der Waals surface area contributed by atoms with Crippen molar-refractivity contribution < 1.29 is 28.9 Å². The molecule has 1 heterocycles. The molecule has 10 heteroatoms. The van der Waals surface area contributed by atoms with Crippen LogP contribution >= 0.6 is 0 Å². The number of urea groups is 1. The second kappa shape index (κ2) is 16.2. The highest BCUT2D eigenvalue weighted by molar-refractivity contribution is 6.00. The number of hydrogen-bond donors (Lipinski definition) is 3. The number of fused-ring (bicyclic) bond motifs is 1. The van der Waals surface area contributed by atoms with Gasteiger partial charge in [0.15, 0.2) is 0 Å². The van der Waals surface area contributed by atoms with E-state index in [0.717, 1.165) is 17.1 Å². The van der Waals surface area contributed by atoms with E-state index in [-0.39, 0.29) is 37.0 Å². The van der Waals surface area contributed by atoms with Gasteiger partial charge in [0.2, 0.25) is 5.91 Å². The molecule has 0 saturated carbocycles. The van der Waals surface area contributed by atoms with Crippen molar-refractivity contribution in [3.63, 3.8) is 0 Å². The van der Waals surface area contributed by atoms with Gasteiger partial charge < -0.3 is 34.9 Å². The standard InChI is InChI=1S/C38H44N4O6/c1-26-22-42(27(2)25-43)37(44)21-29-20-31(40-38(45)39-30-12-17-32(46-4)18-13-30)14-19-35(29)48-36(26)24-41(3)23-28-10-15-34(16-11-28)47-33-8-6-5-7-9-33/h5-20,26-27,36,43H,21-25H2,1-4H3,(H2,39,40,45)/t26-,27+,36-/m1/s1. The average Bonchev–Trinajstić information content (AvgIpc) is 3.13. The SMILES string of the molecule is COc1ccc(NC(=O)Nc2ccc3c(c2)CC(=O)N([C@@H](C)CO)C[C@@H](C)[C@@H](CN(C)Cc2ccc(Oc4ccccc4)cc2)O3)cc1. The number of carbonyl (C=O) groups is 2. The van der Waals surface area contributed by atoms with Gasteiger partial charge in [-0.05, 0) is 86.3 Å². The monoisotopic (exact) mass is 652 g/mol. The summed E-state index contributed by atoms with van der Waals surface area (Å²) in [6.07, 6.45) is -0.187. The Bertz CT molecular complexity index is 1650. The molecule has 0 spiro atoms. The Balaban J connectivity index is 1.29. The van der Waals surface area contributed by atoms with Crippen molar-refractivity contribution in [3.05, 3.63) is 108 Å². The Morgan fingerprint density at radius 1 is 0.958 bits per heavy atom. The van der Waals surface area contributed by atoms with E-state index < -0.39 is 6.03 Å². The van der Waals surface area contributed by atoms with E-state index in [2.05, 4.69) is 34.6 Å². The number of aliphatic hydroxyl groups excluding tert-OH is 1. The third-order valence-electron chi connectivity index (χ3n) is 8.37. The molecule has 5 rings (SSSR count). The number of methoxy groups -OCH3 is 1. The van der Waals surface area contributed by atoms with Gasteiger partial charge in [0.1, 0.15) is 29.1 Å². The number of ether oxygens (including phenoxy) is 3. The van der Waals surface area contributed by atoms with Crippen LogP contribution in [0.3, 0.4) is 0 Å². The number of nitrogens with zero attached hydrogens (tertiary/aromatic N) is 2. The second-order valence-electron chi connectivity index (χ2n) is 12.3. The van der Waals surface area contributed by atoms with Crippen LogP contribution in [0.2, 0.25) is 0 Å². The van der Waals surface area contributed by atoms with Crippen LogP contribution in [0.1, 0.15) is 25.0 Å². The van der Waals surface area contributed by atoms with Gasteiger partial charge in [-0.15, -0.1) is 0 Å². The minimum Gasteiger partial charge on any atom is -0.497 e. The van der Waals surface area contributed by atoms with Gasteiger partial charge >= 0.3 is 6.03 Å². The smallest absolute Gasteiger partial charge is 0.323 e. The molecule has 1 aliphatic heterocycles. The lowest BCUT2D eigenvalue weighted by molar-refractivity contribution is -0.134. The maximum atomic E-state index is 13.6. The molecule has 0 radical (unpaired) electrons. The quantitative estimate of drug-likeness (QED) is 0.172. The summed E-state index contributed by atoms with van der Waals surface area (Å²) < 4.78 is 17.8. The molecular weight excluding hydrogens is 608 g/mol. The van der Waals surface area contributed by atoms with E-state index in [1.165, 1.54) is 0 Å². The first-order valence-corrected chi connectivity index (χ1v) is 16.1. The fraction of sp³-hybridized carbons (Fsp3) is 0.316. The van der Waals surface area contributed by atoms with Gasteiger partial charge in [0.25, 0.3) is 0 Å². The molecule has 4 aromatic rings. The number of likely N-dealkylation sites (N-methyl/N-ethyl adjacent to an activating group) is 1. The van der Waals surface area contributed by atoms with Crippen molar-refractivity contribution in [2.75, 3.05) is 44.5 Å². The maximum Gasteiger partial charge on any atom is 0.323 e. The normalized spacial score (nSPS) is 16.9. The molecule has 3 atom stereocenters. The van der Waals surface area contributed by atoms with Crippen LogP contribution in [-0.2, 0) is 17.8 Å². The van der Waals surface area contributed by atoms with Crippen molar-refractivity contribution in [2.45, 2.75) is 39.0 Å². The first kappa shape index (κ1) is 34.3. The highest BCUT2D eigenvalue weighted by atomic mass is 16.5. The van der Waals surface area contributed by atoms with E-state index in [4.69, 9.17) is 14.2 Å². The number of rotatable bonds is 11. The number of anilines is 2. The van der Waals surface area contributed by atoms with Gasteiger partial charge in [-0.25, -0.2) is 4.79 Å². The van der Waals surface area contributed by atoms with Gasteiger partial charge in [-0.2, -0.15) is 0 Å². The van der Waals surface area contributed by atoms with Crippen LogP contribution in [-0.4, -0.2) is 72.8 Å². The summed E-state index contributed by atoms with van der Waals surface area (Å²) in [6.45, 7) is 5.50. The third kappa shape index (κ3) is 9.27. The van der Waals surface area contributed by atoms with Crippen molar-refractivity contribution >= 4 is 23.3 Å². The number of hydrogen-bond acceptors (Lipinski definition) is 7. The largest absolute Gasteiger partial charge is 0.497 e. The van der Waals surface area contributed by atoms with Crippen LogP contribution < -0.4 is 24.8 Å². The number of para-hydroxylation sites is 1. The highest BCUT2D eigenvalue weighted by Crippen LogP contribution is 2.30. The highest BCUT2D eigenvalue weighted by Gasteiger charge is 2.31. The fourth-order valence-corrected chi connectivity index (χ4v) is 5.66. The molecule has 0 fully saturated rings. The van der Waals surface area contributed by atoms with Gasteiger partial charge in [-0.3, -0.25) is 9.69 Å². The molecule has 1 aliphatic rings. The number of amides is 3. The Morgan fingerprint density at radius 2 is 1.60 bits per heavy atom. The minimum absolute atomic E-state index is 0.0360. The minimum atomic E-state index is -0.418. The zero-order valence-electron chi connectivity index (χ0n) is 27.9. The van der Waals surface area contributed by atoms with E-state index in [1.54, 1.807) is 48.4 Å². The topological polar surface area (TPSA) is 113 Å². The third-order valence-corrected chi connectivity index (χ3v) is 8.37. The number of carbonyl (C=O) groups excluding carboxylic acids is 2. The van der Waals surface area contributed by atoms with Gasteiger partial charge in [-0.1, -0.05) is 37.3 Å². The van der Waals surface area contributed by atoms with Crippen molar-refractivity contribution in [1.82, 2.24) is 9.80 Å². The molecule has 48 heavy (non-hydrogen) atoms. The number of aliphatic hydroxyl groups is 1. The lowest BCUT2D eigenvalue weighted by Crippen LogP contribution is -2.47. The van der Waals surface area contributed by atoms with Crippen molar-refractivity contribution in [1.29, 1.82) is 0 Å². The predicted octanol–water partition coefficient (Wildman–Crippen LogP) is 6.41. The summed E-state index contributed by atoms with van der Waals surface area (Å²) in [5.41, 5.74) is 2.93. The molecule has 252 valence electrons. The molecule has 3 N–H and O–H groups in total. The molecule has 0 saturated heterocycles. The second-order valence-corrected chi connectivity index (χ2v) is 12.3. The maximum absolute atomic E-state index is 13.6. The Hall–Kier alpha value is -5.06. The molecule has 3 amide bonds. The summed E-state index contributed by atoms with van der Waals surface area (Å²) >= 11 is 0. The number of nitrogens with one attached hydrogen (secondary N) is 2. The molecule has 0 aromatic heterocycles. The number of benzene rings is 4. The molecular formula is C38H44N4O6. The fourth-order valence-electron chi connectivity index (χ4n) is 5.66. The first-order valence-electron chi connectivity index (χ1n) is 16.1.